The first-order valence-electron chi connectivity index (χ1n) is 5.82. The monoisotopic (exact) mass is 204 g/mol. The maximum Gasteiger partial charge on any atom is -0.00207 e. The van der Waals surface area contributed by atoms with Gasteiger partial charge in [-0.05, 0) is 48.8 Å². The van der Waals surface area contributed by atoms with E-state index in [4.69, 9.17) is 0 Å². The summed E-state index contributed by atoms with van der Waals surface area (Å²) in [6.07, 6.45) is 6.51. The van der Waals surface area contributed by atoms with Crippen LogP contribution >= 0.6 is 0 Å². The third-order valence-electron chi connectivity index (χ3n) is 3.42. The molecule has 0 bridgehead atoms. The molecule has 0 aliphatic rings. The Labute approximate surface area is 95.1 Å². The van der Waals surface area contributed by atoms with Crippen molar-refractivity contribution >= 4 is 0 Å². The van der Waals surface area contributed by atoms with Crippen molar-refractivity contribution in [1.29, 1.82) is 0 Å². The Balaban J connectivity index is 4.99. The van der Waals surface area contributed by atoms with Gasteiger partial charge < -0.3 is 0 Å². The van der Waals surface area contributed by atoms with Gasteiger partial charge in [-0.2, -0.15) is 0 Å². The van der Waals surface area contributed by atoms with Gasteiger partial charge in [-0.25, -0.2) is 0 Å². The normalized spacial score (nSPS) is 10.5. The molecular formula is C15H24. The lowest BCUT2D eigenvalue weighted by molar-refractivity contribution is 0.245. The molecular weight excluding hydrogens is 180 g/mol. The molecule has 0 radical (unpaired) electrons. The van der Waals surface area contributed by atoms with Gasteiger partial charge in [0.1, 0.15) is 0 Å². The van der Waals surface area contributed by atoms with Crippen LogP contribution < -0.4 is 0 Å². The number of allylic oxidation sites excluding steroid dienone is 2. The van der Waals surface area contributed by atoms with Crippen molar-refractivity contribution in [2.24, 2.45) is 11.3 Å². The summed E-state index contributed by atoms with van der Waals surface area (Å²) in [7, 11) is 0. The molecule has 0 aromatic rings. The quantitative estimate of drug-likeness (QED) is 0.442. The maximum atomic E-state index is 3.60. The van der Waals surface area contributed by atoms with Crippen molar-refractivity contribution in [3.63, 3.8) is 0 Å². The molecule has 15 heavy (non-hydrogen) atoms. The third-order valence-corrected chi connectivity index (χ3v) is 3.42. The largest absolute Gasteiger partial charge is 0.125 e. The van der Waals surface area contributed by atoms with Crippen LogP contribution in [0.2, 0.25) is 0 Å². The molecule has 0 fully saturated rings. The zero-order chi connectivity index (χ0) is 11.9. The average molecular weight is 204 g/mol. The Morgan fingerprint density at radius 3 is 2.20 bits per heavy atom. The lowest BCUT2D eigenvalue weighted by Gasteiger charge is -2.31. The Morgan fingerprint density at radius 2 is 1.87 bits per heavy atom. The van der Waals surface area contributed by atoms with E-state index >= 15 is 0 Å². The van der Waals surface area contributed by atoms with Gasteiger partial charge >= 0.3 is 0 Å². The van der Waals surface area contributed by atoms with Crippen LogP contribution in [0.3, 0.4) is 0 Å². The lowest BCUT2D eigenvalue weighted by atomic mass is 9.73. The second-order valence-corrected chi connectivity index (χ2v) is 4.41. The first-order valence-corrected chi connectivity index (χ1v) is 5.82. The summed E-state index contributed by atoms with van der Waals surface area (Å²) in [4.78, 5) is 0. The van der Waals surface area contributed by atoms with Crippen LogP contribution in [0.1, 0.15) is 47.5 Å². The SMILES string of the molecule is C=C=C(C)C=C=CC(CC)(CC)C(C)C. The zero-order valence-electron chi connectivity index (χ0n) is 10.9. The molecule has 0 N–H and O–H groups in total. The molecule has 0 aliphatic carbocycles. The van der Waals surface area contributed by atoms with Gasteiger partial charge in [-0.1, -0.05) is 34.3 Å². The van der Waals surface area contributed by atoms with Crippen LogP contribution in [-0.4, -0.2) is 0 Å². The molecule has 0 aromatic heterocycles. The molecule has 0 spiro atoms. The fourth-order valence-electron chi connectivity index (χ4n) is 1.82. The van der Waals surface area contributed by atoms with Crippen molar-refractivity contribution in [2.45, 2.75) is 47.5 Å². The molecule has 0 aliphatic heterocycles. The van der Waals surface area contributed by atoms with Gasteiger partial charge in [-0.15, -0.1) is 11.5 Å². The molecule has 0 amide bonds. The van der Waals surface area contributed by atoms with E-state index in [1.807, 2.05) is 13.0 Å². The first kappa shape index (κ1) is 14.0. The summed E-state index contributed by atoms with van der Waals surface area (Å²) in [5.74, 6) is 0.654. The Bertz CT molecular complexity index is 288. The predicted molar refractivity (Wildman–Crippen MR) is 68.8 cm³/mol. The molecule has 84 valence electrons. The van der Waals surface area contributed by atoms with Crippen molar-refractivity contribution < 1.29 is 0 Å². The van der Waals surface area contributed by atoms with Gasteiger partial charge in [0, 0.05) is 0 Å². The van der Waals surface area contributed by atoms with Crippen molar-refractivity contribution in [3.05, 3.63) is 35.8 Å². The number of hydrogen-bond donors (Lipinski definition) is 0. The van der Waals surface area contributed by atoms with E-state index in [1.165, 1.54) is 12.8 Å². The highest BCUT2D eigenvalue weighted by Gasteiger charge is 2.26. The molecule has 0 saturated carbocycles. The Kier molecular flexibility index (Phi) is 6.09. The van der Waals surface area contributed by atoms with E-state index in [1.54, 1.807) is 0 Å². The number of hydrogen-bond acceptors (Lipinski definition) is 0. The van der Waals surface area contributed by atoms with E-state index < -0.39 is 0 Å². The molecule has 0 saturated heterocycles. The molecule has 0 unspecified atom stereocenters. The summed E-state index contributed by atoms with van der Waals surface area (Å²) < 4.78 is 0. The minimum absolute atomic E-state index is 0.290. The van der Waals surface area contributed by atoms with Crippen LogP contribution in [0.5, 0.6) is 0 Å². The molecule has 0 heterocycles. The highest BCUT2D eigenvalue weighted by atomic mass is 14.3. The lowest BCUT2D eigenvalue weighted by Crippen LogP contribution is -2.22. The molecule has 0 heteroatoms. The van der Waals surface area contributed by atoms with E-state index in [0.717, 1.165) is 5.57 Å². The minimum Gasteiger partial charge on any atom is -0.125 e. The molecule has 0 rings (SSSR count). The Hall–Kier alpha value is -0.960. The summed E-state index contributed by atoms with van der Waals surface area (Å²) >= 11 is 0. The summed E-state index contributed by atoms with van der Waals surface area (Å²) in [5.41, 5.74) is 7.44. The van der Waals surface area contributed by atoms with Crippen LogP contribution in [0, 0.1) is 11.3 Å². The van der Waals surface area contributed by atoms with Gasteiger partial charge in [0.15, 0.2) is 0 Å². The zero-order valence-corrected chi connectivity index (χ0v) is 10.9. The molecule has 0 aromatic carbocycles. The van der Waals surface area contributed by atoms with Crippen molar-refractivity contribution in [3.8, 4) is 0 Å². The van der Waals surface area contributed by atoms with Gasteiger partial charge in [0.05, 0.1) is 0 Å². The van der Waals surface area contributed by atoms with E-state index in [0.29, 0.717) is 5.92 Å². The van der Waals surface area contributed by atoms with Gasteiger partial charge in [0.25, 0.3) is 0 Å². The Morgan fingerprint density at radius 1 is 1.33 bits per heavy atom. The van der Waals surface area contributed by atoms with Crippen LogP contribution in [-0.2, 0) is 0 Å². The highest BCUT2D eigenvalue weighted by molar-refractivity contribution is 5.15. The van der Waals surface area contributed by atoms with Crippen LogP contribution in [0.4, 0.5) is 0 Å². The van der Waals surface area contributed by atoms with Crippen LogP contribution in [0.15, 0.2) is 35.8 Å². The first-order chi connectivity index (χ1) is 7.02. The second-order valence-electron chi connectivity index (χ2n) is 4.41. The van der Waals surface area contributed by atoms with Gasteiger partial charge in [0.2, 0.25) is 0 Å². The van der Waals surface area contributed by atoms with Gasteiger partial charge in [-0.3, -0.25) is 0 Å². The standard InChI is InChI=1S/C15H24/c1-7-14(6)11-10-12-15(8-2,9-3)13(4)5/h11-13H,1,8-9H2,2-6H3. The van der Waals surface area contributed by atoms with Crippen molar-refractivity contribution in [2.75, 3.05) is 0 Å². The summed E-state index contributed by atoms with van der Waals surface area (Å²) in [5, 5.41) is 0. The smallest absolute Gasteiger partial charge is 0.00207 e. The fraction of sp³-hybridized carbons (Fsp3) is 0.600. The van der Waals surface area contributed by atoms with E-state index in [9.17, 15) is 0 Å². The topological polar surface area (TPSA) is 0 Å². The molecule has 0 atom stereocenters. The average Bonchev–Trinajstić information content (AvgIpc) is 2.24. The van der Waals surface area contributed by atoms with Crippen LogP contribution in [0.25, 0.3) is 0 Å². The van der Waals surface area contributed by atoms with E-state index in [-0.39, 0.29) is 5.41 Å². The van der Waals surface area contributed by atoms with Crippen molar-refractivity contribution in [1.82, 2.24) is 0 Å². The number of rotatable bonds is 5. The fourth-order valence-corrected chi connectivity index (χ4v) is 1.82. The van der Waals surface area contributed by atoms with E-state index in [2.05, 4.69) is 51.8 Å². The second kappa shape index (κ2) is 6.51. The third kappa shape index (κ3) is 3.96. The highest BCUT2D eigenvalue weighted by Crippen LogP contribution is 2.36. The summed E-state index contributed by atoms with van der Waals surface area (Å²) in [6.45, 7) is 14.6. The predicted octanol–water partition coefficient (Wildman–Crippen LogP) is 4.89. The molecule has 0 nitrogen and oxygen atoms in total. The minimum atomic E-state index is 0.290. The maximum absolute atomic E-state index is 3.60. The summed E-state index contributed by atoms with van der Waals surface area (Å²) in [6, 6.07) is 0.